The van der Waals surface area contributed by atoms with Gasteiger partial charge in [-0.15, -0.1) is 0 Å². The highest BCUT2D eigenvalue weighted by Gasteiger charge is 2.25. The Balaban J connectivity index is 1.23. The number of amides is 1. The van der Waals surface area contributed by atoms with Crippen LogP contribution in [0.2, 0.25) is 0 Å². The molecule has 152 valence electrons. The van der Waals surface area contributed by atoms with E-state index in [-0.39, 0.29) is 12.0 Å². The minimum atomic E-state index is 0.0770. The van der Waals surface area contributed by atoms with E-state index in [1.165, 1.54) is 11.3 Å². The maximum Gasteiger partial charge on any atom is 0.274 e. The van der Waals surface area contributed by atoms with Crippen LogP contribution in [0.5, 0.6) is 10.9 Å². The molecule has 1 fully saturated rings. The molecule has 1 aromatic heterocycles. The van der Waals surface area contributed by atoms with Gasteiger partial charge < -0.3 is 14.4 Å². The quantitative estimate of drug-likeness (QED) is 0.460. The second kappa shape index (κ2) is 7.95. The van der Waals surface area contributed by atoms with Gasteiger partial charge in [-0.2, -0.15) is 0 Å². The van der Waals surface area contributed by atoms with Crippen molar-refractivity contribution in [2.75, 3.05) is 20.2 Å². The molecule has 3 aromatic carbocycles. The summed E-state index contributed by atoms with van der Waals surface area (Å²) in [6.45, 7) is 1.38. The number of rotatable bonds is 4. The van der Waals surface area contributed by atoms with Crippen LogP contribution in [0, 0.1) is 0 Å². The van der Waals surface area contributed by atoms with E-state index in [9.17, 15) is 4.79 Å². The summed E-state index contributed by atoms with van der Waals surface area (Å²) in [6, 6.07) is 19.9. The maximum absolute atomic E-state index is 12.9. The number of nitrogens with zero attached hydrogens (tertiary/aromatic N) is 2. The van der Waals surface area contributed by atoms with Crippen molar-refractivity contribution in [1.29, 1.82) is 0 Å². The van der Waals surface area contributed by atoms with E-state index < -0.39 is 0 Å². The number of fused-ring (bicyclic) bond motifs is 2. The highest BCUT2D eigenvalue weighted by molar-refractivity contribution is 7.20. The van der Waals surface area contributed by atoms with Crippen molar-refractivity contribution in [3.8, 4) is 10.9 Å². The van der Waals surface area contributed by atoms with Crippen LogP contribution < -0.4 is 9.47 Å². The SMILES string of the molecule is COc1ccc2nc(OC3CCN(C(=O)c4ccc5ccccc5c4)CC3)sc2c1. The Kier molecular flexibility index (Phi) is 5.01. The third kappa shape index (κ3) is 3.71. The number of likely N-dealkylation sites (tertiary alicyclic amines) is 1. The molecule has 0 atom stereocenters. The van der Waals surface area contributed by atoms with E-state index in [1.54, 1.807) is 7.11 Å². The van der Waals surface area contributed by atoms with Crippen LogP contribution in [-0.2, 0) is 0 Å². The molecule has 5 nitrogen and oxygen atoms in total. The molecule has 1 amide bonds. The summed E-state index contributed by atoms with van der Waals surface area (Å²) in [5.74, 6) is 0.907. The second-order valence-electron chi connectivity index (χ2n) is 7.48. The lowest BCUT2D eigenvalue weighted by Gasteiger charge is -2.31. The highest BCUT2D eigenvalue weighted by Crippen LogP contribution is 2.32. The monoisotopic (exact) mass is 418 g/mol. The van der Waals surface area contributed by atoms with Crippen molar-refractivity contribution in [3.05, 3.63) is 66.2 Å². The van der Waals surface area contributed by atoms with E-state index in [1.807, 2.05) is 59.5 Å². The third-order valence-corrected chi connectivity index (χ3v) is 6.48. The third-order valence-electron chi connectivity index (χ3n) is 5.57. The summed E-state index contributed by atoms with van der Waals surface area (Å²) >= 11 is 1.53. The first-order valence-electron chi connectivity index (χ1n) is 10.1. The zero-order valence-corrected chi connectivity index (χ0v) is 17.5. The van der Waals surface area contributed by atoms with Crippen LogP contribution in [0.25, 0.3) is 21.0 Å². The highest BCUT2D eigenvalue weighted by atomic mass is 32.1. The fourth-order valence-corrected chi connectivity index (χ4v) is 4.80. The summed E-state index contributed by atoms with van der Waals surface area (Å²) in [7, 11) is 1.66. The number of benzene rings is 3. The van der Waals surface area contributed by atoms with Gasteiger partial charge in [-0.05, 0) is 41.1 Å². The normalized spacial score (nSPS) is 14.9. The van der Waals surface area contributed by atoms with Gasteiger partial charge in [0.15, 0.2) is 0 Å². The van der Waals surface area contributed by atoms with E-state index in [0.717, 1.165) is 45.1 Å². The fourth-order valence-electron chi connectivity index (χ4n) is 3.89. The lowest BCUT2D eigenvalue weighted by Crippen LogP contribution is -2.41. The zero-order chi connectivity index (χ0) is 20.5. The Bertz CT molecular complexity index is 1210. The zero-order valence-electron chi connectivity index (χ0n) is 16.7. The van der Waals surface area contributed by atoms with E-state index in [0.29, 0.717) is 18.3 Å². The van der Waals surface area contributed by atoms with Gasteiger partial charge in [0, 0.05) is 31.5 Å². The first-order chi connectivity index (χ1) is 14.7. The second-order valence-corrected chi connectivity index (χ2v) is 8.48. The van der Waals surface area contributed by atoms with Gasteiger partial charge in [0.25, 0.3) is 11.1 Å². The smallest absolute Gasteiger partial charge is 0.274 e. The van der Waals surface area contributed by atoms with Gasteiger partial charge in [0.2, 0.25) is 0 Å². The van der Waals surface area contributed by atoms with Gasteiger partial charge in [-0.25, -0.2) is 4.98 Å². The maximum atomic E-state index is 12.9. The number of carbonyl (C=O) groups is 1. The van der Waals surface area contributed by atoms with Gasteiger partial charge >= 0.3 is 0 Å². The minimum Gasteiger partial charge on any atom is -0.497 e. The molecular formula is C24H22N2O3S. The predicted octanol–water partition coefficient (Wildman–Crippen LogP) is 5.14. The molecule has 6 heteroatoms. The molecule has 4 aromatic rings. The molecule has 0 aliphatic carbocycles. The Labute approximate surface area is 178 Å². The molecule has 30 heavy (non-hydrogen) atoms. The first-order valence-corrected chi connectivity index (χ1v) is 10.9. The standard InChI is InChI=1S/C24H22N2O3S/c1-28-20-8-9-21-22(15-20)30-24(25-21)29-19-10-12-26(13-11-19)23(27)18-7-6-16-4-2-3-5-17(16)14-18/h2-9,14-15,19H,10-13H2,1H3. The number of methoxy groups -OCH3 is 1. The fraction of sp³-hybridized carbons (Fsp3) is 0.250. The Morgan fingerprint density at radius 2 is 1.83 bits per heavy atom. The van der Waals surface area contributed by atoms with Crippen molar-refractivity contribution in [3.63, 3.8) is 0 Å². The average molecular weight is 419 g/mol. The van der Waals surface area contributed by atoms with Crippen molar-refractivity contribution in [2.24, 2.45) is 0 Å². The van der Waals surface area contributed by atoms with Gasteiger partial charge in [-0.3, -0.25) is 4.79 Å². The average Bonchev–Trinajstić information content (AvgIpc) is 3.20. The summed E-state index contributed by atoms with van der Waals surface area (Å²) in [6.07, 6.45) is 1.69. The molecule has 0 N–H and O–H groups in total. The van der Waals surface area contributed by atoms with Crippen LogP contribution in [-0.4, -0.2) is 42.1 Å². The van der Waals surface area contributed by atoms with E-state index >= 15 is 0 Å². The van der Waals surface area contributed by atoms with Crippen LogP contribution in [0.4, 0.5) is 0 Å². The number of ether oxygens (including phenoxy) is 2. The summed E-state index contributed by atoms with van der Waals surface area (Å²) < 4.78 is 12.5. The number of thiazole rings is 1. The van der Waals surface area contributed by atoms with Gasteiger partial charge in [-0.1, -0.05) is 41.7 Å². The molecule has 1 saturated heterocycles. The summed E-state index contributed by atoms with van der Waals surface area (Å²) in [4.78, 5) is 19.4. The Morgan fingerprint density at radius 3 is 2.63 bits per heavy atom. The minimum absolute atomic E-state index is 0.0770. The number of hydrogen-bond donors (Lipinski definition) is 0. The van der Waals surface area contributed by atoms with Gasteiger partial charge in [0.05, 0.1) is 17.3 Å². The number of carbonyl (C=O) groups excluding carboxylic acids is 1. The molecule has 0 saturated carbocycles. The molecule has 2 heterocycles. The molecule has 1 aliphatic rings. The van der Waals surface area contributed by atoms with Gasteiger partial charge in [0.1, 0.15) is 11.9 Å². The lowest BCUT2D eigenvalue weighted by molar-refractivity contribution is 0.0595. The molecule has 5 rings (SSSR count). The molecule has 0 unspecified atom stereocenters. The lowest BCUT2D eigenvalue weighted by atomic mass is 10.0. The molecule has 0 radical (unpaired) electrons. The number of hydrogen-bond acceptors (Lipinski definition) is 5. The molecular weight excluding hydrogens is 396 g/mol. The Morgan fingerprint density at radius 1 is 1.03 bits per heavy atom. The van der Waals surface area contributed by atoms with Crippen LogP contribution in [0.1, 0.15) is 23.2 Å². The Hall–Kier alpha value is -3.12. The molecule has 0 bridgehead atoms. The summed E-state index contributed by atoms with van der Waals surface area (Å²) in [5.41, 5.74) is 1.66. The van der Waals surface area contributed by atoms with Crippen LogP contribution in [0.3, 0.4) is 0 Å². The first kappa shape index (κ1) is 18.9. The van der Waals surface area contributed by atoms with E-state index in [2.05, 4.69) is 11.1 Å². The summed E-state index contributed by atoms with van der Waals surface area (Å²) in [5, 5.41) is 2.92. The number of aromatic nitrogens is 1. The van der Waals surface area contributed by atoms with Crippen molar-refractivity contribution in [1.82, 2.24) is 9.88 Å². The van der Waals surface area contributed by atoms with E-state index in [4.69, 9.17) is 9.47 Å². The van der Waals surface area contributed by atoms with Crippen LogP contribution >= 0.6 is 11.3 Å². The van der Waals surface area contributed by atoms with Crippen molar-refractivity contribution >= 4 is 38.2 Å². The van der Waals surface area contributed by atoms with Crippen molar-refractivity contribution in [2.45, 2.75) is 18.9 Å². The van der Waals surface area contributed by atoms with Crippen LogP contribution in [0.15, 0.2) is 60.7 Å². The van der Waals surface area contributed by atoms with Crippen molar-refractivity contribution < 1.29 is 14.3 Å². The largest absolute Gasteiger partial charge is 0.497 e. The molecule has 0 spiro atoms. The molecule has 1 aliphatic heterocycles. The predicted molar refractivity (Wildman–Crippen MR) is 120 cm³/mol. The topological polar surface area (TPSA) is 51.7 Å². The number of piperidine rings is 1.